The average Bonchev–Trinajstić information content (AvgIpc) is 2.19. The van der Waals surface area contributed by atoms with Crippen LogP contribution in [0, 0.1) is 5.92 Å². The summed E-state index contributed by atoms with van der Waals surface area (Å²) in [5.41, 5.74) is 0. The minimum absolute atomic E-state index is 0.614. The number of rotatable bonds is 8. The molecule has 1 unspecified atom stereocenters. The third-order valence-corrected chi connectivity index (χ3v) is 2.40. The van der Waals surface area contributed by atoms with Crippen molar-refractivity contribution in [3.8, 4) is 0 Å². The van der Waals surface area contributed by atoms with Crippen molar-refractivity contribution < 1.29 is 4.74 Å². The highest BCUT2D eigenvalue weighted by Gasteiger charge is 2.06. The number of ether oxygens (including phenoxy) is 1. The highest BCUT2D eigenvalue weighted by Crippen LogP contribution is 2.10. The highest BCUT2D eigenvalue weighted by atomic mass is 79.9. The van der Waals surface area contributed by atoms with Gasteiger partial charge in [0.2, 0.25) is 0 Å². The van der Waals surface area contributed by atoms with Crippen molar-refractivity contribution in [2.45, 2.75) is 19.8 Å². The van der Waals surface area contributed by atoms with Gasteiger partial charge >= 0.3 is 0 Å². The summed E-state index contributed by atoms with van der Waals surface area (Å²) in [6.45, 7) is 7.77. The minimum atomic E-state index is 0.614. The molecule has 0 heterocycles. The standard InChI is InChI=1S/C11H20BrNO/c1-4-11(6-8-13-3)9-14-10(2)5-7-12/h5,7,11,13H,2,4,6,8-9H2,1,3H3/b7-5+. The second kappa shape index (κ2) is 9.28. The lowest BCUT2D eigenvalue weighted by Gasteiger charge is -2.15. The lowest BCUT2D eigenvalue weighted by atomic mass is 10.0. The molecule has 3 heteroatoms. The molecule has 0 amide bonds. The third-order valence-electron chi connectivity index (χ3n) is 2.13. The van der Waals surface area contributed by atoms with E-state index >= 15 is 0 Å². The zero-order valence-electron chi connectivity index (χ0n) is 9.05. The fourth-order valence-electron chi connectivity index (χ4n) is 1.10. The SMILES string of the molecule is C=C(/C=C/Br)OCC(CC)CCNC. The number of halogens is 1. The van der Waals surface area contributed by atoms with E-state index < -0.39 is 0 Å². The Balaban J connectivity index is 3.66. The Bertz CT molecular complexity index is 180. The summed E-state index contributed by atoms with van der Waals surface area (Å²) in [6.07, 6.45) is 4.11. The molecule has 82 valence electrons. The van der Waals surface area contributed by atoms with Crippen LogP contribution in [0.1, 0.15) is 19.8 Å². The van der Waals surface area contributed by atoms with Crippen LogP contribution in [0.25, 0.3) is 0 Å². The summed E-state index contributed by atoms with van der Waals surface area (Å²) in [5.74, 6) is 1.33. The number of nitrogens with one attached hydrogen (secondary N) is 1. The van der Waals surface area contributed by atoms with Gasteiger partial charge in [0.1, 0.15) is 5.76 Å². The van der Waals surface area contributed by atoms with Crippen LogP contribution in [0.5, 0.6) is 0 Å². The van der Waals surface area contributed by atoms with Gasteiger partial charge in [-0.15, -0.1) is 0 Å². The molecule has 14 heavy (non-hydrogen) atoms. The van der Waals surface area contributed by atoms with Gasteiger partial charge in [-0.2, -0.15) is 0 Å². The van der Waals surface area contributed by atoms with Gasteiger partial charge in [-0.1, -0.05) is 35.9 Å². The van der Waals surface area contributed by atoms with Crippen molar-refractivity contribution in [3.63, 3.8) is 0 Å². The Morgan fingerprint density at radius 3 is 2.86 bits per heavy atom. The predicted octanol–water partition coefficient (Wildman–Crippen LogP) is 3.06. The molecule has 2 nitrogen and oxygen atoms in total. The van der Waals surface area contributed by atoms with Gasteiger partial charge in [0.05, 0.1) is 6.61 Å². The number of allylic oxidation sites excluding steroid dienone is 1. The van der Waals surface area contributed by atoms with Crippen LogP contribution < -0.4 is 5.32 Å². The molecule has 0 saturated carbocycles. The Morgan fingerprint density at radius 2 is 2.36 bits per heavy atom. The largest absolute Gasteiger partial charge is 0.494 e. The molecule has 0 aliphatic rings. The minimum Gasteiger partial charge on any atom is -0.494 e. The van der Waals surface area contributed by atoms with Crippen molar-refractivity contribution in [1.82, 2.24) is 5.32 Å². The van der Waals surface area contributed by atoms with Crippen LogP contribution in [0.4, 0.5) is 0 Å². The lowest BCUT2D eigenvalue weighted by Crippen LogP contribution is -2.16. The van der Waals surface area contributed by atoms with Crippen molar-refractivity contribution in [1.29, 1.82) is 0 Å². The molecule has 0 aliphatic heterocycles. The number of hydrogen-bond acceptors (Lipinski definition) is 2. The summed E-state index contributed by atoms with van der Waals surface area (Å²) in [6, 6.07) is 0. The Morgan fingerprint density at radius 1 is 1.64 bits per heavy atom. The van der Waals surface area contributed by atoms with Crippen molar-refractivity contribution in [2.24, 2.45) is 5.92 Å². The van der Waals surface area contributed by atoms with E-state index in [-0.39, 0.29) is 0 Å². The monoisotopic (exact) mass is 261 g/mol. The van der Waals surface area contributed by atoms with Gasteiger partial charge in [-0.05, 0) is 37.0 Å². The van der Waals surface area contributed by atoms with E-state index in [2.05, 4.69) is 34.7 Å². The average molecular weight is 262 g/mol. The van der Waals surface area contributed by atoms with Crippen molar-refractivity contribution >= 4 is 15.9 Å². The van der Waals surface area contributed by atoms with Gasteiger partial charge in [-0.3, -0.25) is 0 Å². The normalized spacial score (nSPS) is 13.1. The van der Waals surface area contributed by atoms with Gasteiger partial charge in [0, 0.05) is 0 Å². The Labute approximate surface area is 95.5 Å². The second-order valence-electron chi connectivity index (χ2n) is 3.24. The molecule has 0 aromatic heterocycles. The molecule has 0 fully saturated rings. The third kappa shape index (κ3) is 7.15. The maximum Gasteiger partial charge on any atom is 0.112 e. The Hall–Kier alpha value is -0.280. The van der Waals surface area contributed by atoms with E-state index in [4.69, 9.17) is 4.74 Å². The van der Waals surface area contributed by atoms with Crippen LogP contribution in [-0.2, 0) is 4.74 Å². The molecule has 0 bridgehead atoms. The quantitative estimate of drug-likeness (QED) is 0.536. The van der Waals surface area contributed by atoms with Crippen LogP contribution in [-0.4, -0.2) is 20.2 Å². The second-order valence-corrected chi connectivity index (χ2v) is 3.77. The van der Waals surface area contributed by atoms with E-state index in [9.17, 15) is 0 Å². The molecule has 0 radical (unpaired) electrons. The molecule has 0 spiro atoms. The maximum absolute atomic E-state index is 5.49. The highest BCUT2D eigenvalue weighted by molar-refractivity contribution is 9.11. The zero-order valence-corrected chi connectivity index (χ0v) is 10.6. The van der Waals surface area contributed by atoms with Crippen molar-refractivity contribution in [2.75, 3.05) is 20.2 Å². The first kappa shape index (κ1) is 13.7. The molecule has 0 aromatic carbocycles. The number of hydrogen-bond donors (Lipinski definition) is 1. The van der Waals surface area contributed by atoms with Gasteiger partial charge in [0.15, 0.2) is 0 Å². The molecule has 0 saturated heterocycles. The lowest BCUT2D eigenvalue weighted by molar-refractivity contribution is 0.167. The first-order valence-electron chi connectivity index (χ1n) is 4.97. The summed E-state index contributed by atoms with van der Waals surface area (Å²) < 4.78 is 5.49. The van der Waals surface area contributed by atoms with E-state index in [1.54, 1.807) is 4.99 Å². The van der Waals surface area contributed by atoms with E-state index in [0.717, 1.165) is 26.0 Å². The van der Waals surface area contributed by atoms with Crippen LogP contribution >= 0.6 is 15.9 Å². The van der Waals surface area contributed by atoms with Gasteiger partial charge < -0.3 is 10.1 Å². The van der Waals surface area contributed by atoms with E-state index in [1.807, 2.05) is 13.1 Å². The van der Waals surface area contributed by atoms with Crippen molar-refractivity contribution in [3.05, 3.63) is 23.4 Å². The van der Waals surface area contributed by atoms with E-state index in [0.29, 0.717) is 11.7 Å². The molecule has 1 atom stereocenters. The predicted molar refractivity (Wildman–Crippen MR) is 65.5 cm³/mol. The summed E-state index contributed by atoms with van der Waals surface area (Å²) in [5, 5.41) is 3.15. The topological polar surface area (TPSA) is 21.3 Å². The molecule has 0 rings (SSSR count). The summed E-state index contributed by atoms with van der Waals surface area (Å²) >= 11 is 3.18. The van der Waals surface area contributed by atoms with Gasteiger partial charge in [-0.25, -0.2) is 0 Å². The molecular weight excluding hydrogens is 242 g/mol. The summed E-state index contributed by atoms with van der Waals surface area (Å²) in [4.78, 5) is 1.75. The Kier molecular flexibility index (Phi) is 9.10. The zero-order chi connectivity index (χ0) is 10.8. The molecule has 1 N–H and O–H groups in total. The van der Waals surface area contributed by atoms with Crippen LogP contribution in [0.2, 0.25) is 0 Å². The molecule has 0 aromatic rings. The van der Waals surface area contributed by atoms with Crippen LogP contribution in [0.15, 0.2) is 23.4 Å². The van der Waals surface area contributed by atoms with Gasteiger partial charge in [0.25, 0.3) is 0 Å². The first-order valence-corrected chi connectivity index (χ1v) is 5.89. The van der Waals surface area contributed by atoms with E-state index in [1.165, 1.54) is 0 Å². The summed E-state index contributed by atoms with van der Waals surface area (Å²) in [7, 11) is 1.97. The molecule has 0 aliphatic carbocycles. The van der Waals surface area contributed by atoms with Crippen LogP contribution in [0.3, 0.4) is 0 Å². The fourth-order valence-corrected chi connectivity index (χ4v) is 1.39. The molecular formula is C11H20BrNO. The smallest absolute Gasteiger partial charge is 0.112 e. The first-order chi connectivity index (χ1) is 6.74. The maximum atomic E-state index is 5.49. The fraction of sp³-hybridized carbons (Fsp3) is 0.636.